The van der Waals surface area contributed by atoms with E-state index in [0.717, 1.165) is 45.1 Å². The molecule has 6 aromatic rings. The van der Waals surface area contributed by atoms with Crippen LogP contribution in [-0.4, -0.2) is 46.2 Å². The fourth-order valence-corrected chi connectivity index (χ4v) is 6.61. The first-order valence-electron chi connectivity index (χ1n) is 15.0. The zero-order chi connectivity index (χ0) is 32.9. The van der Waals surface area contributed by atoms with Crippen LogP contribution in [0.3, 0.4) is 0 Å². The van der Waals surface area contributed by atoms with E-state index in [1.165, 1.54) is 30.5 Å². The summed E-state index contributed by atoms with van der Waals surface area (Å²) in [6, 6.07) is 25.1. The smallest absolute Gasteiger partial charge is 0.255 e. The van der Waals surface area contributed by atoms with Crippen molar-refractivity contribution in [3.63, 3.8) is 0 Å². The first-order valence-corrected chi connectivity index (χ1v) is 16.8. The Morgan fingerprint density at radius 3 is 2.43 bits per heavy atom. The van der Waals surface area contributed by atoms with Crippen LogP contribution in [0.4, 0.5) is 10.1 Å². The first kappa shape index (κ1) is 30.1. The van der Waals surface area contributed by atoms with E-state index in [4.69, 9.17) is 4.42 Å². The molecule has 0 radical (unpaired) electrons. The number of furan rings is 1. The molecule has 0 saturated carbocycles. The molecule has 8 nitrogen and oxygen atoms in total. The number of carbonyl (C=O) groups excluding carboxylic acids is 1. The molecular weight excluding hydrogens is 615 g/mol. The third kappa shape index (κ3) is 5.36. The molecule has 0 spiro atoms. The minimum Gasteiger partial charge on any atom is -0.455 e. The molecule has 0 aliphatic carbocycles. The number of dihydropyridines is 1. The molecule has 0 unspecified atom stereocenters. The van der Waals surface area contributed by atoms with Gasteiger partial charge in [0.2, 0.25) is 10.0 Å². The van der Waals surface area contributed by atoms with Crippen molar-refractivity contribution in [3.05, 3.63) is 120 Å². The number of aromatic amines is 1. The van der Waals surface area contributed by atoms with Crippen molar-refractivity contribution in [3.8, 4) is 33.7 Å². The number of anilines is 1. The van der Waals surface area contributed by atoms with Crippen molar-refractivity contribution in [2.75, 3.05) is 31.2 Å². The van der Waals surface area contributed by atoms with Crippen LogP contribution in [-0.2, 0) is 10.0 Å². The highest BCUT2D eigenvalue weighted by Gasteiger charge is 2.26. The summed E-state index contributed by atoms with van der Waals surface area (Å²) in [4.78, 5) is 16.9. The molecule has 10 heteroatoms. The van der Waals surface area contributed by atoms with Gasteiger partial charge in [-0.15, -0.1) is 0 Å². The number of rotatable bonds is 7. The van der Waals surface area contributed by atoms with Gasteiger partial charge >= 0.3 is 0 Å². The number of sulfonamides is 1. The number of amides is 1. The Morgan fingerprint density at radius 2 is 1.70 bits per heavy atom. The number of benzene rings is 4. The zero-order valence-electron chi connectivity index (χ0n) is 25.9. The van der Waals surface area contributed by atoms with Gasteiger partial charge in [-0.1, -0.05) is 42.5 Å². The van der Waals surface area contributed by atoms with Crippen molar-refractivity contribution >= 4 is 49.1 Å². The Labute approximate surface area is 271 Å². The molecule has 3 heterocycles. The lowest BCUT2D eigenvalue weighted by Gasteiger charge is -2.21. The van der Waals surface area contributed by atoms with Gasteiger partial charge in [-0.2, -0.15) is 0 Å². The average molecular weight is 647 g/mol. The molecule has 3 N–H and O–H groups in total. The van der Waals surface area contributed by atoms with Crippen molar-refractivity contribution in [1.82, 2.24) is 15.6 Å². The van der Waals surface area contributed by atoms with E-state index >= 15 is 0 Å². The number of halogens is 1. The van der Waals surface area contributed by atoms with Crippen LogP contribution < -0.4 is 14.9 Å². The van der Waals surface area contributed by atoms with Crippen LogP contribution in [0.2, 0.25) is 0 Å². The summed E-state index contributed by atoms with van der Waals surface area (Å²) >= 11 is 0. The molecule has 7 rings (SSSR count). The highest BCUT2D eigenvalue weighted by molar-refractivity contribution is 7.92. The summed E-state index contributed by atoms with van der Waals surface area (Å²) in [6.07, 6.45) is 7.27. The standard InChI is InChI=1S/C37H31FN4O4S/c1-39-37(43)34-29-20-28(31(42(2)47(3,44)45)21-32(29)46-36(34)23-11-13-26(38)14-12-23)24-7-6-8-25(19-24)35-33(22-15-17-40-18-16-22)27-9-4-5-10-30(27)41-35/h4-17,19-21,40-41H,18H2,1-3H3,(H,39,43). The largest absolute Gasteiger partial charge is 0.455 e. The SMILES string of the molecule is CNC(=O)c1c(-c2ccc(F)cc2)oc2cc(N(C)S(C)(=O)=O)c(-c3cccc(-c4[nH]c5ccccc5c4C4=CCNC=C4)c3)cc12. The van der Waals surface area contributed by atoms with Gasteiger partial charge in [0.05, 0.1) is 23.2 Å². The van der Waals surface area contributed by atoms with Crippen molar-refractivity contribution in [1.29, 1.82) is 0 Å². The van der Waals surface area contributed by atoms with Crippen molar-refractivity contribution < 1.29 is 22.0 Å². The third-order valence-corrected chi connectivity index (χ3v) is 9.67. The van der Waals surface area contributed by atoms with Gasteiger partial charge in [0.15, 0.2) is 0 Å². The minimum atomic E-state index is -3.69. The maximum Gasteiger partial charge on any atom is 0.255 e. The molecule has 1 amide bonds. The highest BCUT2D eigenvalue weighted by atomic mass is 32.2. The number of nitrogens with one attached hydrogen (secondary N) is 3. The van der Waals surface area contributed by atoms with E-state index in [0.29, 0.717) is 34.3 Å². The summed E-state index contributed by atoms with van der Waals surface area (Å²) in [6.45, 7) is 0.713. The van der Waals surface area contributed by atoms with Crippen LogP contribution >= 0.6 is 0 Å². The van der Waals surface area contributed by atoms with Crippen LogP contribution in [0.15, 0.2) is 108 Å². The van der Waals surface area contributed by atoms with Gasteiger partial charge in [0.25, 0.3) is 5.91 Å². The number of aromatic nitrogens is 1. The van der Waals surface area contributed by atoms with Crippen LogP contribution in [0.25, 0.3) is 61.2 Å². The number of nitrogens with zero attached hydrogens (tertiary/aromatic N) is 1. The maximum atomic E-state index is 13.8. The fourth-order valence-electron chi connectivity index (χ4n) is 6.10. The van der Waals surface area contributed by atoms with Gasteiger partial charge in [-0.25, -0.2) is 12.8 Å². The van der Waals surface area contributed by atoms with E-state index in [9.17, 15) is 17.6 Å². The summed E-state index contributed by atoms with van der Waals surface area (Å²) in [5, 5.41) is 7.48. The molecule has 1 aliphatic rings. The Bertz CT molecular complexity index is 2370. The molecule has 47 heavy (non-hydrogen) atoms. The molecule has 2 aromatic heterocycles. The molecule has 1 aliphatic heterocycles. The second-order valence-corrected chi connectivity index (χ2v) is 13.4. The van der Waals surface area contributed by atoms with Gasteiger partial charge in [0, 0.05) is 59.7 Å². The van der Waals surface area contributed by atoms with Gasteiger partial charge < -0.3 is 20.0 Å². The molecule has 0 bridgehead atoms. The Morgan fingerprint density at radius 1 is 0.936 bits per heavy atom. The van der Waals surface area contributed by atoms with Crippen LogP contribution in [0.1, 0.15) is 15.9 Å². The topological polar surface area (TPSA) is 107 Å². The van der Waals surface area contributed by atoms with E-state index < -0.39 is 21.7 Å². The van der Waals surface area contributed by atoms with E-state index in [-0.39, 0.29) is 11.3 Å². The number of hydrogen-bond acceptors (Lipinski definition) is 5. The highest BCUT2D eigenvalue weighted by Crippen LogP contribution is 2.43. The number of fused-ring (bicyclic) bond motifs is 2. The maximum absolute atomic E-state index is 13.8. The molecule has 0 fully saturated rings. The zero-order valence-corrected chi connectivity index (χ0v) is 26.7. The van der Waals surface area contributed by atoms with Crippen molar-refractivity contribution in [2.45, 2.75) is 0 Å². The number of allylic oxidation sites excluding steroid dienone is 2. The number of hydrogen-bond donors (Lipinski definition) is 3. The normalized spacial score (nSPS) is 13.1. The molecule has 236 valence electrons. The predicted octanol–water partition coefficient (Wildman–Crippen LogP) is 7.31. The lowest BCUT2D eigenvalue weighted by Crippen LogP contribution is -2.25. The quantitative estimate of drug-likeness (QED) is 0.169. The first-order chi connectivity index (χ1) is 22.6. The van der Waals surface area contributed by atoms with Gasteiger partial charge in [-0.3, -0.25) is 9.10 Å². The predicted molar refractivity (Wildman–Crippen MR) is 186 cm³/mol. The van der Waals surface area contributed by atoms with Gasteiger partial charge in [0.1, 0.15) is 17.2 Å². The fraction of sp³-hybridized carbons (Fsp3) is 0.108. The van der Waals surface area contributed by atoms with Gasteiger partial charge in [-0.05, 0) is 71.4 Å². The Kier molecular flexibility index (Phi) is 7.44. The lowest BCUT2D eigenvalue weighted by molar-refractivity contribution is 0.0964. The number of carbonyl (C=O) groups is 1. The molecule has 0 saturated heterocycles. The second kappa shape index (κ2) is 11.6. The lowest BCUT2D eigenvalue weighted by atomic mass is 9.94. The second-order valence-electron chi connectivity index (χ2n) is 11.4. The average Bonchev–Trinajstić information content (AvgIpc) is 3.66. The minimum absolute atomic E-state index is 0.254. The Hall–Kier alpha value is -5.61. The number of H-pyrrole nitrogens is 1. The third-order valence-electron chi connectivity index (χ3n) is 8.48. The van der Waals surface area contributed by atoms with Crippen LogP contribution in [0, 0.1) is 5.82 Å². The van der Waals surface area contributed by atoms with E-state index in [2.05, 4.69) is 33.8 Å². The molecule has 0 atom stereocenters. The summed E-state index contributed by atoms with van der Waals surface area (Å²) in [5.74, 6) is -0.557. The van der Waals surface area contributed by atoms with E-state index in [1.807, 2.05) is 48.7 Å². The summed E-state index contributed by atoms with van der Waals surface area (Å²) in [7, 11) is -0.684. The van der Waals surface area contributed by atoms with Crippen molar-refractivity contribution in [2.24, 2.45) is 0 Å². The van der Waals surface area contributed by atoms with Crippen LogP contribution in [0.5, 0.6) is 0 Å². The molecule has 4 aromatic carbocycles. The summed E-state index contributed by atoms with van der Waals surface area (Å²) in [5.41, 5.74) is 7.77. The van der Waals surface area contributed by atoms with E-state index in [1.54, 1.807) is 24.3 Å². The number of para-hydroxylation sites is 1. The summed E-state index contributed by atoms with van der Waals surface area (Å²) < 4.78 is 47.0. The monoisotopic (exact) mass is 646 g/mol. The molecular formula is C37H31FN4O4S. The Balaban J connectivity index is 1.48.